The molecule has 3 aromatic rings. The summed E-state index contributed by atoms with van der Waals surface area (Å²) in [5.41, 5.74) is 0.553. The van der Waals surface area contributed by atoms with E-state index in [1.165, 1.54) is 86.6 Å². The van der Waals surface area contributed by atoms with Crippen LogP contribution in [0.5, 0.6) is 5.75 Å². The molecule has 48 heavy (non-hydrogen) atoms. The molecule has 0 bridgehead atoms. The van der Waals surface area contributed by atoms with Crippen molar-refractivity contribution in [2.45, 2.75) is 114 Å². The molecule has 1 N–H and O–H groups in total. The molecule has 2 amide bonds. The highest BCUT2D eigenvalue weighted by Gasteiger charge is 2.32. The third kappa shape index (κ3) is 10.5. The Balaban J connectivity index is 1.32. The van der Waals surface area contributed by atoms with Gasteiger partial charge < -0.3 is 15.0 Å². The van der Waals surface area contributed by atoms with Crippen molar-refractivity contribution in [3.05, 3.63) is 88.5 Å². The fourth-order valence-corrected chi connectivity index (χ4v) is 6.94. The third-order valence-electron chi connectivity index (χ3n) is 8.61. The van der Waals surface area contributed by atoms with Crippen LogP contribution >= 0.6 is 11.8 Å². The minimum absolute atomic E-state index is 0.0498. The maximum absolute atomic E-state index is 15.2. The summed E-state index contributed by atoms with van der Waals surface area (Å²) in [7, 11) is 0. The SMILES string of the molecule is CCCCCCCCCCCCCCOc1cccc(F)c1CN1C(=O)C(C)Sc2cc(C(=O)NCc3c(F)cc(F)cc3F)ccc21. The van der Waals surface area contributed by atoms with Crippen LogP contribution in [0.2, 0.25) is 0 Å². The number of carbonyl (C=O) groups excluding carboxylic acids is 2. The monoisotopic (exact) mass is 686 g/mol. The Bertz CT molecular complexity index is 1510. The fourth-order valence-electron chi connectivity index (χ4n) is 5.84. The van der Waals surface area contributed by atoms with Crippen molar-refractivity contribution in [1.82, 2.24) is 5.32 Å². The Kier molecular flexibility index (Phi) is 14.7. The second-order valence-electron chi connectivity index (χ2n) is 12.4. The second kappa shape index (κ2) is 18.9. The number of nitrogens with zero attached hydrogens (tertiary/aromatic N) is 1. The summed E-state index contributed by atoms with van der Waals surface area (Å²) in [6.45, 7) is 3.90. The molecule has 10 heteroatoms. The van der Waals surface area contributed by atoms with Crippen LogP contribution < -0.4 is 15.0 Å². The van der Waals surface area contributed by atoms with Crippen molar-refractivity contribution < 1.29 is 31.9 Å². The van der Waals surface area contributed by atoms with Crippen LogP contribution in [-0.2, 0) is 17.9 Å². The van der Waals surface area contributed by atoms with E-state index in [4.69, 9.17) is 4.74 Å². The number of unbranched alkanes of at least 4 members (excludes halogenated alkanes) is 11. The van der Waals surface area contributed by atoms with Gasteiger partial charge in [-0.2, -0.15) is 0 Å². The molecule has 4 rings (SSSR count). The molecule has 1 unspecified atom stereocenters. The number of thioether (sulfide) groups is 1. The van der Waals surface area contributed by atoms with Crippen LogP contribution in [0.1, 0.15) is 112 Å². The van der Waals surface area contributed by atoms with Crippen LogP contribution in [0, 0.1) is 23.3 Å². The number of carbonyl (C=O) groups is 2. The van der Waals surface area contributed by atoms with E-state index >= 15 is 4.39 Å². The molecule has 3 aromatic carbocycles. The van der Waals surface area contributed by atoms with Crippen molar-refractivity contribution in [3.8, 4) is 5.75 Å². The van der Waals surface area contributed by atoms with Gasteiger partial charge in [0.25, 0.3) is 5.91 Å². The van der Waals surface area contributed by atoms with E-state index in [1.54, 1.807) is 31.2 Å². The predicted octanol–water partition coefficient (Wildman–Crippen LogP) is 10.3. The van der Waals surface area contributed by atoms with Gasteiger partial charge in [0, 0.05) is 40.3 Å². The van der Waals surface area contributed by atoms with Crippen molar-refractivity contribution in [2.24, 2.45) is 0 Å². The number of amides is 2. The zero-order chi connectivity index (χ0) is 34.5. The summed E-state index contributed by atoms with van der Waals surface area (Å²) in [6, 6.07) is 10.5. The lowest BCUT2D eigenvalue weighted by Crippen LogP contribution is -2.39. The van der Waals surface area contributed by atoms with Crippen molar-refractivity contribution >= 4 is 29.3 Å². The summed E-state index contributed by atoms with van der Waals surface area (Å²) in [6.07, 6.45) is 14.8. The molecule has 0 aliphatic carbocycles. The average molecular weight is 687 g/mol. The van der Waals surface area contributed by atoms with Gasteiger partial charge in [0.05, 0.1) is 24.1 Å². The quantitative estimate of drug-likeness (QED) is 0.101. The van der Waals surface area contributed by atoms with E-state index in [0.29, 0.717) is 35.1 Å². The number of ether oxygens (including phenoxy) is 1. The van der Waals surface area contributed by atoms with Gasteiger partial charge in [0.1, 0.15) is 29.0 Å². The van der Waals surface area contributed by atoms with Gasteiger partial charge in [-0.05, 0) is 43.7 Å². The van der Waals surface area contributed by atoms with Crippen molar-refractivity contribution in [3.63, 3.8) is 0 Å². The van der Waals surface area contributed by atoms with Gasteiger partial charge in [-0.25, -0.2) is 17.6 Å². The number of benzene rings is 3. The third-order valence-corrected chi connectivity index (χ3v) is 9.75. The summed E-state index contributed by atoms with van der Waals surface area (Å²) in [4.78, 5) is 28.3. The highest BCUT2D eigenvalue weighted by atomic mass is 32.2. The molecule has 5 nitrogen and oxygen atoms in total. The van der Waals surface area contributed by atoms with Gasteiger partial charge >= 0.3 is 0 Å². The van der Waals surface area contributed by atoms with E-state index in [9.17, 15) is 22.8 Å². The van der Waals surface area contributed by atoms with Crippen LogP contribution in [0.3, 0.4) is 0 Å². The molecule has 0 saturated carbocycles. The molecule has 1 heterocycles. The maximum Gasteiger partial charge on any atom is 0.251 e. The number of fused-ring (bicyclic) bond motifs is 1. The van der Waals surface area contributed by atoms with Gasteiger partial charge in [-0.15, -0.1) is 11.8 Å². The smallest absolute Gasteiger partial charge is 0.251 e. The van der Waals surface area contributed by atoms with Crippen LogP contribution in [0.15, 0.2) is 53.4 Å². The summed E-state index contributed by atoms with van der Waals surface area (Å²) in [5, 5.41) is 1.96. The summed E-state index contributed by atoms with van der Waals surface area (Å²) >= 11 is 1.27. The molecule has 1 aliphatic heterocycles. The Morgan fingerprint density at radius 1 is 0.812 bits per heavy atom. The Labute approximate surface area is 285 Å². The zero-order valence-electron chi connectivity index (χ0n) is 27.9. The molecule has 0 fully saturated rings. The van der Waals surface area contributed by atoms with Gasteiger partial charge in [0.2, 0.25) is 5.91 Å². The maximum atomic E-state index is 15.2. The first kappa shape index (κ1) is 37.3. The molecule has 0 saturated heterocycles. The van der Waals surface area contributed by atoms with E-state index in [1.807, 2.05) is 0 Å². The first-order valence-electron chi connectivity index (χ1n) is 17.1. The number of hydrogen-bond acceptors (Lipinski definition) is 4. The molecule has 1 aliphatic rings. The van der Waals surface area contributed by atoms with Gasteiger partial charge in [0.15, 0.2) is 0 Å². The summed E-state index contributed by atoms with van der Waals surface area (Å²) in [5.74, 6) is -4.12. The molecule has 260 valence electrons. The predicted molar refractivity (Wildman–Crippen MR) is 183 cm³/mol. The second-order valence-corrected chi connectivity index (χ2v) is 13.7. The number of nitrogens with one attached hydrogen (secondary N) is 1. The molecule has 0 radical (unpaired) electrons. The first-order valence-corrected chi connectivity index (χ1v) is 18.0. The van der Waals surface area contributed by atoms with E-state index in [2.05, 4.69) is 12.2 Å². The molecule has 1 atom stereocenters. The Morgan fingerprint density at radius 3 is 2.08 bits per heavy atom. The molecule has 0 aromatic heterocycles. The normalized spacial score (nSPS) is 14.2. The van der Waals surface area contributed by atoms with Gasteiger partial charge in [-0.1, -0.05) is 83.6 Å². The summed E-state index contributed by atoms with van der Waals surface area (Å²) < 4.78 is 62.5. The number of hydrogen-bond donors (Lipinski definition) is 1. The number of halogens is 4. The number of anilines is 1. The average Bonchev–Trinajstić information content (AvgIpc) is 3.05. The minimum atomic E-state index is -1.10. The van der Waals surface area contributed by atoms with Crippen LogP contribution in [0.4, 0.5) is 23.2 Å². The highest BCUT2D eigenvalue weighted by molar-refractivity contribution is 8.01. The lowest BCUT2D eigenvalue weighted by Gasteiger charge is -2.33. The highest BCUT2D eigenvalue weighted by Crippen LogP contribution is 2.41. The van der Waals surface area contributed by atoms with E-state index in [-0.39, 0.29) is 23.6 Å². The lowest BCUT2D eigenvalue weighted by molar-refractivity contribution is -0.118. The van der Waals surface area contributed by atoms with E-state index < -0.39 is 46.5 Å². The van der Waals surface area contributed by atoms with Crippen LogP contribution in [0.25, 0.3) is 0 Å². The van der Waals surface area contributed by atoms with Crippen molar-refractivity contribution in [2.75, 3.05) is 11.5 Å². The fraction of sp³-hybridized carbons (Fsp3) is 0.474. The molecular weight excluding hydrogens is 640 g/mol. The van der Waals surface area contributed by atoms with E-state index in [0.717, 1.165) is 19.3 Å². The van der Waals surface area contributed by atoms with Gasteiger partial charge in [-0.3, -0.25) is 9.59 Å². The minimum Gasteiger partial charge on any atom is -0.493 e. The Morgan fingerprint density at radius 2 is 1.44 bits per heavy atom. The van der Waals surface area contributed by atoms with Crippen LogP contribution in [-0.4, -0.2) is 23.7 Å². The molecule has 0 spiro atoms. The Hall–Kier alpha value is -3.53. The topological polar surface area (TPSA) is 58.6 Å². The lowest BCUT2D eigenvalue weighted by atomic mass is 10.1. The zero-order valence-corrected chi connectivity index (χ0v) is 28.7. The molecular formula is C38H46F4N2O3S. The van der Waals surface area contributed by atoms with Crippen molar-refractivity contribution in [1.29, 1.82) is 0 Å². The number of rotatable bonds is 19. The standard InChI is InChI=1S/C38H46F4N2O3S/c1-3-4-5-6-7-8-9-10-11-12-13-14-20-47-35-17-15-16-31(40)30(35)25-44-34-19-18-27(21-36(34)48-26(2)38(44)46)37(45)43-24-29-32(41)22-28(39)23-33(29)42/h15-19,21-23,26H,3-14,20,24-25H2,1-2H3,(H,43,45). The largest absolute Gasteiger partial charge is 0.493 e. The first-order chi connectivity index (χ1) is 23.2.